The van der Waals surface area contributed by atoms with Crippen LogP contribution in [0.5, 0.6) is 0 Å². The van der Waals surface area contributed by atoms with Crippen LogP contribution in [-0.2, 0) is 14.6 Å². The first-order valence-electron chi connectivity index (χ1n) is 9.75. The standard InChI is InChI=1S/C21H26N4O3S/c1-14(28-3)16-4-6-18(7-5-16)29(26,27)12-15-10-17(11-15)25(2)21-19-8-9-22-20(19)23-13-24-21/h4-9,13-15,17H,10-12H2,1-3H3,(H,22,23,24)/t14?,15-,17+. The molecule has 0 amide bonds. The lowest BCUT2D eigenvalue weighted by Gasteiger charge is -2.41. The highest BCUT2D eigenvalue weighted by Crippen LogP contribution is 2.36. The summed E-state index contributed by atoms with van der Waals surface area (Å²) in [6.45, 7) is 1.94. The van der Waals surface area contributed by atoms with Gasteiger partial charge in [0.2, 0.25) is 0 Å². The van der Waals surface area contributed by atoms with Crippen LogP contribution in [0.2, 0.25) is 0 Å². The van der Waals surface area contributed by atoms with Crippen molar-refractivity contribution in [2.75, 3.05) is 24.8 Å². The number of aromatic nitrogens is 3. The van der Waals surface area contributed by atoms with Crippen molar-refractivity contribution >= 4 is 26.7 Å². The molecule has 1 aliphatic carbocycles. The number of fused-ring (bicyclic) bond motifs is 1. The Balaban J connectivity index is 1.39. The summed E-state index contributed by atoms with van der Waals surface area (Å²) in [5.74, 6) is 1.22. The van der Waals surface area contributed by atoms with Crippen molar-refractivity contribution in [2.45, 2.75) is 36.8 Å². The average molecular weight is 415 g/mol. The molecule has 3 aromatic rings. The van der Waals surface area contributed by atoms with Gasteiger partial charge in [0.1, 0.15) is 17.8 Å². The lowest BCUT2D eigenvalue weighted by atomic mass is 9.81. The number of methoxy groups -OCH3 is 1. The molecular formula is C21H26N4O3S. The van der Waals surface area contributed by atoms with Gasteiger partial charge in [-0.1, -0.05) is 12.1 Å². The molecule has 2 aromatic heterocycles. The molecule has 0 spiro atoms. The first kappa shape index (κ1) is 19.8. The minimum absolute atomic E-state index is 0.0528. The van der Waals surface area contributed by atoms with Crippen molar-refractivity contribution in [1.82, 2.24) is 15.0 Å². The van der Waals surface area contributed by atoms with E-state index in [9.17, 15) is 8.42 Å². The molecule has 1 atom stereocenters. The molecule has 1 aromatic carbocycles. The second-order valence-electron chi connectivity index (χ2n) is 7.77. The first-order valence-corrected chi connectivity index (χ1v) is 11.4. The number of H-pyrrole nitrogens is 1. The van der Waals surface area contributed by atoms with Crippen LogP contribution in [0.25, 0.3) is 11.0 Å². The summed E-state index contributed by atoms with van der Waals surface area (Å²) in [6, 6.07) is 9.28. The van der Waals surface area contributed by atoms with Crippen LogP contribution in [0.1, 0.15) is 31.4 Å². The Morgan fingerprint density at radius 1 is 1.21 bits per heavy atom. The summed E-state index contributed by atoms with van der Waals surface area (Å²) in [5, 5.41) is 0.983. The van der Waals surface area contributed by atoms with E-state index >= 15 is 0 Å². The molecule has 29 heavy (non-hydrogen) atoms. The maximum absolute atomic E-state index is 12.8. The molecule has 0 radical (unpaired) electrons. The molecule has 154 valence electrons. The summed E-state index contributed by atoms with van der Waals surface area (Å²) in [6.07, 6.45) is 5.03. The Labute approximate surface area is 171 Å². The third-order valence-electron chi connectivity index (χ3n) is 5.94. The minimum atomic E-state index is -3.30. The van der Waals surface area contributed by atoms with Gasteiger partial charge in [-0.15, -0.1) is 0 Å². The highest BCUT2D eigenvalue weighted by atomic mass is 32.2. The van der Waals surface area contributed by atoms with E-state index in [0.717, 1.165) is 35.3 Å². The lowest BCUT2D eigenvalue weighted by molar-refractivity contribution is 0.119. The number of nitrogens with zero attached hydrogens (tertiary/aromatic N) is 3. The maximum Gasteiger partial charge on any atom is 0.178 e. The van der Waals surface area contributed by atoms with E-state index < -0.39 is 9.84 Å². The van der Waals surface area contributed by atoms with Crippen LogP contribution in [0.15, 0.2) is 47.8 Å². The first-order chi connectivity index (χ1) is 13.9. The summed E-state index contributed by atoms with van der Waals surface area (Å²) >= 11 is 0. The van der Waals surface area contributed by atoms with Gasteiger partial charge in [0.05, 0.1) is 22.1 Å². The van der Waals surface area contributed by atoms with Crippen molar-refractivity contribution in [2.24, 2.45) is 5.92 Å². The summed E-state index contributed by atoms with van der Waals surface area (Å²) in [5.41, 5.74) is 1.78. The number of ether oxygens (including phenoxy) is 1. The van der Waals surface area contributed by atoms with Crippen molar-refractivity contribution in [3.05, 3.63) is 48.4 Å². The molecule has 7 nitrogen and oxygen atoms in total. The van der Waals surface area contributed by atoms with E-state index in [-0.39, 0.29) is 23.8 Å². The summed E-state index contributed by atoms with van der Waals surface area (Å²) in [4.78, 5) is 14.3. The van der Waals surface area contributed by atoms with Gasteiger partial charge in [0.15, 0.2) is 9.84 Å². The fourth-order valence-electron chi connectivity index (χ4n) is 3.95. The fourth-order valence-corrected chi connectivity index (χ4v) is 5.59. The Kier molecular flexibility index (Phi) is 5.31. The largest absolute Gasteiger partial charge is 0.377 e. The number of sulfone groups is 1. The number of rotatable bonds is 7. The number of aromatic amines is 1. The van der Waals surface area contributed by atoms with Crippen LogP contribution >= 0.6 is 0 Å². The van der Waals surface area contributed by atoms with Gasteiger partial charge in [-0.05, 0) is 49.4 Å². The number of anilines is 1. The molecule has 4 rings (SSSR count). The van der Waals surface area contributed by atoms with Gasteiger partial charge in [-0.3, -0.25) is 0 Å². The van der Waals surface area contributed by atoms with Crippen LogP contribution in [0, 0.1) is 5.92 Å². The van der Waals surface area contributed by atoms with Crippen LogP contribution in [0.3, 0.4) is 0 Å². The predicted molar refractivity (Wildman–Crippen MR) is 113 cm³/mol. The molecule has 1 aliphatic rings. The second kappa shape index (κ2) is 7.76. The molecule has 0 aliphatic heterocycles. The van der Waals surface area contributed by atoms with Crippen molar-refractivity contribution < 1.29 is 13.2 Å². The average Bonchev–Trinajstić information content (AvgIpc) is 3.18. The monoisotopic (exact) mass is 414 g/mol. The van der Waals surface area contributed by atoms with Crippen molar-refractivity contribution in [1.29, 1.82) is 0 Å². The Hall–Kier alpha value is -2.45. The van der Waals surface area contributed by atoms with Crippen LogP contribution in [0.4, 0.5) is 5.82 Å². The van der Waals surface area contributed by atoms with Gasteiger partial charge in [0, 0.05) is 26.4 Å². The summed E-state index contributed by atoms with van der Waals surface area (Å²) < 4.78 is 30.9. The topological polar surface area (TPSA) is 88.2 Å². The van der Waals surface area contributed by atoms with Gasteiger partial charge < -0.3 is 14.6 Å². The molecule has 1 saturated carbocycles. The lowest BCUT2D eigenvalue weighted by Crippen LogP contribution is -2.45. The third-order valence-corrected chi connectivity index (χ3v) is 7.84. The van der Waals surface area contributed by atoms with Crippen molar-refractivity contribution in [3.63, 3.8) is 0 Å². The molecule has 1 fully saturated rings. The summed E-state index contributed by atoms with van der Waals surface area (Å²) in [7, 11) is 0.356. The molecule has 0 bridgehead atoms. The van der Waals surface area contributed by atoms with Gasteiger partial charge in [0.25, 0.3) is 0 Å². The van der Waals surface area contributed by atoms with E-state index in [1.807, 2.05) is 38.4 Å². The van der Waals surface area contributed by atoms with Gasteiger partial charge in [-0.25, -0.2) is 18.4 Å². The zero-order chi connectivity index (χ0) is 20.6. The Bertz CT molecular complexity index is 1090. The van der Waals surface area contributed by atoms with Crippen LogP contribution in [-0.4, -0.2) is 49.3 Å². The molecule has 1 N–H and O–H groups in total. The third kappa shape index (κ3) is 3.86. The van der Waals surface area contributed by atoms with E-state index in [1.165, 1.54) is 0 Å². The minimum Gasteiger partial charge on any atom is -0.377 e. The predicted octanol–water partition coefficient (Wildman–Crippen LogP) is 3.35. The fraction of sp³-hybridized carbons (Fsp3) is 0.429. The smallest absolute Gasteiger partial charge is 0.178 e. The number of hydrogen-bond acceptors (Lipinski definition) is 6. The SMILES string of the molecule is COC(C)c1ccc(S(=O)(=O)C[C@H]2C[C@@H](N(C)c3ncnc4[nH]ccc34)C2)cc1. The molecular weight excluding hydrogens is 388 g/mol. The molecule has 0 saturated heterocycles. The molecule has 1 unspecified atom stereocenters. The normalized spacial score (nSPS) is 20.4. The molecule has 8 heteroatoms. The van der Waals surface area contributed by atoms with E-state index in [1.54, 1.807) is 25.6 Å². The highest BCUT2D eigenvalue weighted by Gasteiger charge is 2.36. The number of benzene rings is 1. The Morgan fingerprint density at radius 3 is 2.62 bits per heavy atom. The van der Waals surface area contributed by atoms with E-state index in [4.69, 9.17) is 4.74 Å². The Morgan fingerprint density at radius 2 is 1.93 bits per heavy atom. The number of hydrogen-bond donors (Lipinski definition) is 1. The molecule has 2 heterocycles. The zero-order valence-corrected chi connectivity index (χ0v) is 17.7. The van der Waals surface area contributed by atoms with Gasteiger partial charge in [-0.2, -0.15) is 0 Å². The second-order valence-corrected chi connectivity index (χ2v) is 9.80. The highest BCUT2D eigenvalue weighted by molar-refractivity contribution is 7.91. The zero-order valence-electron chi connectivity index (χ0n) is 16.9. The van der Waals surface area contributed by atoms with Gasteiger partial charge >= 0.3 is 0 Å². The van der Waals surface area contributed by atoms with Crippen molar-refractivity contribution in [3.8, 4) is 0 Å². The van der Waals surface area contributed by atoms with E-state index in [0.29, 0.717) is 4.90 Å². The maximum atomic E-state index is 12.8. The van der Waals surface area contributed by atoms with E-state index in [2.05, 4.69) is 19.9 Å². The number of nitrogens with one attached hydrogen (secondary N) is 1. The van der Waals surface area contributed by atoms with Crippen LogP contribution < -0.4 is 4.90 Å². The quantitative estimate of drug-likeness (QED) is 0.638.